The Balaban J connectivity index is 0.00000324. The Bertz CT molecular complexity index is 364. The molecule has 1 aliphatic carbocycles. The standard InChI is InChI=1S/C14H23NO3.Na/c1-4-5-6-7-8-11(13(17)18)15-12(16)10-9-14(10,2)3;/h8,10H,4-7,9H2,1-3H3,(H,15,16)(H,17,18);/q;+1/p-1/b11-8+;. The van der Waals surface area contributed by atoms with Crippen molar-refractivity contribution >= 4 is 11.9 Å². The number of aliphatic carboxylic acids is 1. The van der Waals surface area contributed by atoms with Crippen molar-refractivity contribution in [1.29, 1.82) is 0 Å². The molecule has 0 bridgehead atoms. The average molecular weight is 275 g/mol. The molecule has 4 nitrogen and oxygen atoms in total. The van der Waals surface area contributed by atoms with E-state index >= 15 is 0 Å². The zero-order valence-electron chi connectivity index (χ0n) is 12.4. The molecule has 1 atom stereocenters. The molecule has 0 aromatic rings. The molecule has 102 valence electrons. The normalized spacial score (nSPS) is 20.4. The second-order valence-electron chi connectivity index (χ2n) is 5.64. The Morgan fingerprint density at radius 2 is 1.95 bits per heavy atom. The average Bonchev–Trinajstić information content (AvgIpc) is 2.92. The number of amides is 1. The maximum atomic E-state index is 11.8. The molecule has 5 heteroatoms. The molecule has 0 aromatic carbocycles. The van der Waals surface area contributed by atoms with Crippen LogP contribution < -0.4 is 40.0 Å². The van der Waals surface area contributed by atoms with Gasteiger partial charge in [0.1, 0.15) is 0 Å². The van der Waals surface area contributed by atoms with Gasteiger partial charge in [0.05, 0.1) is 11.7 Å². The van der Waals surface area contributed by atoms with Crippen molar-refractivity contribution in [2.45, 2.75) is 52.9 Å². The summed E-state index contributed by atoms with van der Waals surface area (Å²) in [6.45, 7) is 6.09. The maximum absolute atomic E-state index is 11.8. The maximum Gasteiger partial charge on any atom is 1.00 e. The summed E-state index contributed by atoms with van der Waals surface area (Å²) < 4.78 is 0. The van der Waals surface area contributed by atoms with Crippen molar-refractivity contribution in [3.05, 3.63) is 11.8 Å². The van der Waals surface area contributed by atoms with E-state index in [2.05, 4.69) is 12.2 Å². The third kappa shape index (κ3) is 6.11. The largest absolute Gasteiger partial charge is 1.00 e. The van der Waals surface area contributed by atoms with Gasteiger partial charge in [0.2, 0.25) is 5.91 Å². The number of carboxylic acid groups (broad SMARTS) is 1. The predicted molar refractivity (Wildman–Crippen MR) is 67.3 cm³/mol. The molecule has 0 aliphatic heterocycles. The number of carbonyl (C=O) groups is 2. The van der Waals surface area contributed by atoms with Gasteiger partial charge in [-0.15, -0.1) is 0 Å². The van der Waals surface area contributed by atoms with Crippen molar-refractivity contribution in [3.8, 4) is 0 Å². The van der Waals surface area contributed by atoms with Crippen molar-refractivity contribution in [2.75, 3.05) is 0 Å². The number of carbonyl (C=O) groups excluding carboxylic acids is 2. The summed E-state index contributed by atoms with van der Waals surface area (Å²) in [5.41, 5.74) is -0.0811. The fourth-order valence-corrected chi connectivity index (χ4v) is 1.96. The molecule has 19 heavy (non-hydrogen) atoms. The van der Waals surface area contributed by atoms with E-state index < -0.39 is 5.97 Å². The summed E-state index contributed by atoms with van der Waals surface area (Å²) in [4.78, 5) is 22.7. The molecule has 0 saturated heterocycles. The van der Waals surface area contributed by atoms with E-state index in [1.807, 2.05) is 13.8 Å². The number of nitrogens with one attached hydrogen (secondary N) is 1. The van der Waals surface area contributed by atoms with Crippen LogP contribution >= 0.6 is 0 Å². The van der Waals surface area contributed by atoms with Gasteiger partial charge in [-0.05, 0) is 24.7 Å². The van der Waals surface area contributed by atoms with Crippen molar-refractivity contribution < 1.29 is 44.3 Å². The zero-order chi connectivity index (χ0) is 13.8. The first-order chi connectivity index (χ1) is 8.38. The minimum atomic E-state index is -1.31. The fraction of sp³-hybridized carbons (Fsp3) is 0.714. The fourth-order valence-electron chi connectivity index (χ4n) is 1.96. The third-order valence-corrected chi connectivity index (χ3v) is 3.46. The molecular weight excluding hydrogens is 253 g/mol. The van der Waals surface area contributed by atoms with Crippen LogP contribution in [0.3, 0.4) is 0 Å². The first kappa shape index (κ1) is 18.7. The van der Waals surface area contributed by atoms with Crippen molar-refractivity contribution in [3.63, 3.8) is 0 Å². The Hall–Kier alpha value is -0.320. The minimum absolute atomic E-state index is 0. The summed E-state index contributed by atoms with van der Waals surface area (Å²) >= 11 is 0. The molecule has 1 N–H and O–H groups in total. The summed E-state index contributed by atoms with van der Waals surface area (Å²) in [6, 6.07) is 0. The number of hydrogen-bond acceptors (Lipinski definition) is 3. The zero-order valence-corrected chi connectivity index (χ0v) is 14.4. The monoisotopic (exact) mass is 275 g/mol. The predicted octanol–water partition coefficient (Wildman–Crippen LogP) is -1.63. The second-order valence-corrected chi connectivity index (χ2v) is 5.64. The Kier molecular flexibility index (Phi) is 7.94. The quantitative estimate of drug-likeness (QED) is 0.344. The third-order valence-electron chi connectivity index (χ3n) is 3.46. The van der Waals surface area contributed by atoms with Gasteiger partial charge in [0.15, 0.2) is 0 Å². The summed E-state index contributed by atoms with van der Waals surface area (Å²) in [6.07, 6.45) is 6.09. The Morgan fingerprint density at radius 1 is 1.37 bits per heavy atom. The van der Waals surface area contributed by atoms with Gasteiger partial charge in [0.25, 0.3) is 0 Å². The molecule has 1 fully saturated rings. The molecule has 1 rings (SSSR count). The minimum Gasteiger partial charge on any atom is -0.543 e. The van der Waals surface area contributed by atoms with Crippen LogP contribution in [0.2, 0.25) is 0 Å². The Morgan fingerprint density at radius 3 is 2.37 bits per heavy atom. The summed E-state index contributed by atoms with van der Waals surface area (Å²) in [7, 11) is 0. The van der Waals surface area contributed by atoms with Crippen LogP contribution in [-0.2, 0) is 9.59 Å². The topological polar surface area (TPSA) is 69.2 Å². The second kappa shape index (κ2) is 8.08. The summed E-state index contributed by atoms with van der Waals surface area (Å²) in [5, 5.41) is 13.4. The van der Waals surface area contributed by atoms with Crippen LogP contribution in [-0.4, -0.2) is 11.9 Å². The van der Waals surface area contributed by atoms with Crippen LogP contribution in [0.4, 0.5) is 0 Å². The number of carboxylic acids is 1. The molecule has 0 spiro atoms. The van der Waals surface area contributed by atoms with Gasteiger partial charge in [-0.2, -0.15) is 0 Å². The van der Waals surface area contributed by atoms with Crippen LogP contribution in [0, 0.1) is 11.3 Å². The van der Waals surface area contributed by atoms with Crippen LogP contribution in [0.15, 0.2) is 11.8 Å². The van der Waals surface area contributed by atoms with E-state index in [9.17, 15) is 14.7 Å². The number of unbranched alkanes of at least 4 members (excludes halogenated alkanes) is 3. The molecule has 1 saturated carbocycles. The number of rotatable bonds is 7. The molecule has 1 unspecified atom stereocenters. The molecule has 1 aliphatic rings. The smallest absolute Gasteiger partial charge is 0.543 e. The Labute approximate surface area is 137 Å². The van der Waals surface area contributed by atoms with Gasteiger partial charge in [0, 0.05) is 5.92 Å². The van der Waals surface area contributed by atoms with Crippen LogP contribution in [0.5, 0.6) is 0 Å². The molecule has 0 aromatic heterocycles. The van der Waals surface area contributed by atoms with E-state index in [1.165, 1.54) is 0 Å². The van der Waals surface area contributed by atoms with Crippen molar-refractivity contribution in [1.82, 2.24) is 5.32 Å². The molecule has 0 heterocycles. The van der Waals surface area contributed by atoms with E-state index in [0.29, 0.717) is 6.42 Å². The van der Waals surface area contributed by atoms with Crippen LogP contribution in [0.25, 0.3) is 0 Å². The summed E-state index contributed by atoms with van der Waals surface area (Å²) in [5.74, 6) is -1.58. The van der Waals surface area contributed by atoms with E-state index in [0.717, 1.165) is 25.7 Å². The molecule has 1 amide bonds. The van der Waals surface area contributed by atoms with E-state index in [-0.39, 0.29) is 52.5 Å². The van der Waals surface area contributed by atoms with Crippen LogP contribution in [0.1, 0.15) is 52.9 Å². The van der Waals surface area contributed by atoms with Gasteiger partial charge in [-0.3, -0.25) is 4.79 Å². The first-order valence-electron chi connectivity index (χ1n) is 6.61. The van der Waals surface area contributed by atoms with Gasteiger partial charge < -0.3 is 15.2 Å². The van der Waals surface area contributed by atoms with Gasteiger partial charge in [-0.1, -0.05) is 39.7 Å². The molecule has 0 radical (unpaired) electrons. The first-order valence-corrected chi connectivity index (χ1v) is 6.61. The SMILES string of the molecule is CCCCC/C=C(/NC(=O)C1CC1(C)C)C(=O)[O-].[Na+]. The van der Waals surface area contributed by atoms with E-state index in [1.54, 1.807) is 6.08 Å². The van der Waals surface area contributed by atoms with Gasteiger partial charge >= 0.3 is 29.6 Å². The van der Waals surface area contributed by atoms with Crippen molar-refractivity contribution in [2.24, 2.45) is 11.3 Å². The van der Waals surface area contributed by atoms with Gasteiger partial charge in [-0.25, -0.2) is 0 Å². The number of hydrogen-bond donors (Lipinski definition) is 1. The number of allylic oxidation sites excluding steroid dienone is 1. The van der Waals surface area contributed by atoms with E-state index in [4.69, 9.17) is 0 Å². The molecular formula is C14H22NNaO3.